The fourth-order valence-corrected chi connectivity index (χ4v) is 1.38. The number of nitrogens with zero attached hydrogens (tertiary/aromatic N) is 2. The molecule has 2 rings (SSSR count). The van der Waals surface area contributed by atoms with E-state index in [1.54, 1.807) is 6.20 Å². The van der Waals surface area contributed by atoms with Crippen LogP contribution in [0.3, 0.4) is 0 Å². The van der Waals surface area contributed by atoms with Crippen LogP contribution >= 0.6 is 0 Å². The van der Waals surface area contributed by atoms with Gasteiger partial charge in [0.1, 0.15) is 12.4 Å². The zero-order valence-electron chi connectivity index (χ0n) is 8.91. The van der Waals surface area contributed by atoms with Gasteiger partial charge >= 0.3 is 0 Å². The fraction of sp³-hybridized carbons (Fsp3) is 0.250. The summed E-state index contributed by atoms with van der Waals surface area (Å²) in [6.45, 7) is 1.38. The fourth-order valence-electron chi connectivity index (χ4n) is 1.38. The van der Waals surface area contributed by atoms with Gasteiger partial charge in [0.15, 0.2) is 0 Å². The van der Waals surface area contributed by atoms with Crippen LogP contribution in [0.5, 0.6) is 5.75 Å². The Hall–Kier alpha value is -1.81. The molecule has 84 valence electrons. The van der Waals surface area contributed by atoms with Gasteiger partial charge in [-0.05, 0) is 23.8 Å². The second kappa shape index (κ2) is 5.32. The summed E-state index contributed by atoms with van der Waals surface area (Å²) in [4.78, 5) is 0. The molecule has 4 heteroatoms. The van der Waals surface area contributed by atoms with Crippen molar-refractivity contribution in [2.75, 3.05) is 6.61 Å². The number of ether oxygens (including phenoxy) is 1. The summed E-state index contributed by atoms with van der Waals surface area (Å²) in [5, 5.41) is 13.0. The maximum Gasteiger partial charge on any atom is 0.119 e. The number of aromatic nitrogens is 2. The summed E-state index contributed by atoms with van der Waals surface area (Å²) in [5.74, 6) is 0.810. The first kappa shape index (κ1) is 10.7. The van der Waals surface area contributed by atoms with Crippen LogP contribution in [0.2, 0.25) is 0 Å². The van der Waals surface area contributed by atoms with Gasteiger partial charge in [-0.2, -0.15) is 5.10 Å². The van der Waals surface area contributed by atoms with Crippen LogP contribution in [0.25, 0.3) is 0 Å². The molecule has 0 saturated heterocycles. The van der Waals surface area contributed by atoms with Crippen molar-refractivity contribution in [2.24, 2.45) is 0 Å². The minimum absolute atomic E-state index is 0.0631. The molecule has 1 heterocycles. The molecule has 0 aliphatic carbocycles. The lowest BCUT2D eigenvalue weighted by Gasteiger charge is -2.06. The predicted molar refractivity (Wildman–Crippen MR) is 60.1 cm³/mol. The van der Waals surface area contributed by atoms with Crippen LogP contribution < -0.4 is 4.74 Å². The summed E-state index contributed by atoms with van der Waals surface area (Å²) in [6, 6.07) is 9.30. The minimum Gasteiger partial charge on any atom is -0.492 e. The highest BCUT2D eigenvalue weighted by molar-refractivity contribution is 5.26. The Morgan fingerprint density at radius 2 is 2.06 bits per heavy atom. The summed E-state index contributed by atoms with van der Waals surface area (Å²) < 4.78 is 7.36. The van der Waals surface area contributed by atoms with Gasteiger partial charge in [-0.3, -0.25) is 4.68 Å². The largest absolute Gasteiger partial charge is 0.492 e. The number of aliphatic hydroxyl groups excluding tert-OH is 1. The third kappa shape index (κ3) is 2.84. The lowest BCUT2D eigenvalue weighted by molar-refractivity contribution is 0.280. The average molecular weight is 218 g/mol. The van der Waals surface area contributed by atoms with Crippen molar-refractivity contribution >= 4 is 0 Å². The molecule has 2 aromatic rings. The molecule has 0 radical (unpaired) electrons. The lowest BCUT2D eigenvalue weighted by atomic mass is 10.2. The molecule has 0 amide bonds. The lowest BCUT2D eigenvalue weighted by Crippen LogP contribution is -2.08. The molecular formula is C12H14N2O2. The van der Waals surface area contributed by atoms with Crippen molar-refractivity contribution in [1.29, 1.82) is 0 Å². The topological polar surface area (TPSA) is 47.3 Å². The number of hydrogen-bond acceptors (Lipinski definition) is 3. The van der Waals surface area contributed by atoms with Crippen LogP contribution in [0, 0.1) is 0 Å². The van der Waals surface area contributed by atoms with Gasteiger partial charge in [0.05, 0.1) is 13.2 Å². The highest BCUT2D eigenvalue weighted by atomic mass is 16.5. The molecule has 1 aromatic heterocycles. The average Bonchev–Trinajstić information content (AvgIpc) is 2.83. The maximum atomic E-state index is 8.88. The van der Waals surface area contributed by atoms with Gasteiger partial charge < -0.3 is 9.84 Å². The Morgan fingerprint density at radius 1 is 1.25 bits per heavy atom. The van der Waals surface area contributed by atoms with E-state index in [0.717, 1.165) is 17.9 Å². The first-order valence-corrected chi connectivity index (χ1v) is 5.18. The molecular weight excluding hydrogens is 204 g/mol. The van der Waals surface area contributed by atoms with Crippen molar-refractivity contribution < 1.29 is 9.84 Å². The quantitative estimate of drug-likeness (QED) is 0.826. The first-order chi connectivity index (χ1) is 7.88. The van der Waals surface area contributed by atoms with Gasteiger partial charge in [-0.1, -0.05) is 12.1 Å². The van der Waals surface area contributed by atoms with E-state index in [1.807, 2.05) is 41.2 Å². The molecule has 0 saturated carbocycles. The third-order valence-corrected chi connectivity index (χ3v) is 2.25. The molecule has 0 aliphatic rings. The summed E-state index contributed by atoms with van der Waals surface area (Å²) in [5.41, 5.74) is 0.888. The molecule has 0 fully saturated rings. The minimum atomic E-state index is 0.0631. The zero-order valence-corrected chi connectivity index (χ0v) is 8.91. The molecule has 0 aliphatic heterocycles. The van der Waals surface area contributed by atoms with Crippen molar-refractivity contribution in [3.63, 3.8) is 0 Å². The van der Waals surface area contributed by atoms with E-state index in [-0.39, 0.29) is 6.61 Å². The number of hydrogen-bond donors (Lipinski definition) is 1. The van der Waals surface area contributed by atoms with Gasteiger partial charge in [0.25, 0.3) is 0 Å². The van der Waals surface area contributed by atoms with Crippen molar-refractivity contribution in [2.45, 2.75) is 13.2 Å². The van der Waals surface area contributed by atoms with Gasteiger partial charge in [0, 0.05) is 12.4 Å². The Balaban J connectivity index is 1.81. The van der Waals surface area contributed by atoms with Crippen LogP contribution in [-0.2, 0) is 13.2 Å². The SMILES string of the molecule is OCc1ccc(OCCn2cccn2)cc1. The molecule has 16 heavy (non-hydrogen) atoms. The molecule has 4 nitrogen and oxygen atoms in total. The van der Waals surface area contributed by atoms with Crippen molar-refractivity contribution in [3.05, 3.63) is 48.3 Å². The Labute approximate surface area is 94.1 Å². The molecule has 1 aromatic carbocycles. The van der Waals surface area contributed by atoms with Crippen LogP contribution in [0.1, 0.15) is 5.56 Å². The smallest absolute Gasteiger partial charge is 0.119 e. The van der Waals surface area contributed by atoms with Crippen LogP contribution in [0.15, 0.2) is 42.7 Å². The van der Waals surface area contributed by atoms with E-state index < -0.39 is 0 Å². The molecule has 0 bridgehead atoms. The highest BCUT2D eigenvalue weighted by Gasteiger charge is 1.95. The van der Waals surface area contributed by atoms with Gasteiger partial charge in [0.2, 0.25) is 0 Å². The zero-order chi connectivity index (χ0) is 11.2. The summed E-state index contributed by atoms with van der Waals surface area (Å²) in [7, 11) is 0. The first-order valence-electron chi connectivity index (χ1n) is 5.18. The maximum absolute atomic E-state index is 8.88. The highest BCUT2D eigenvalue weighted by Crippen LogP contribution is 2.11. The van der Waals surface area contributed by atoms with Crippen molar-refractivity contribution in [3.8, 4) is 5.75 Å². The molecule has 0 spiro atoms. The Kier molecular flexibility index (Phi) is 3.56. The third-order valence-electron chi connectivity index (χ3n) is 2.25. The van der Waals surface area contributed by atoms with Crippen molar-refractivity contribution in [1.82, 2.24) is 9.78 Å². The summed E-state index contributed by atoms with van der Waals surface area (Å²) in [6.07, 6.45) is 3.65. The molecule has 0 unspecified atom stereocenters. The van der Waals surface area contributed by atoms with E-state index in [0.29, 0.717) is 6.61 Å². The molecule has 0 atom stereocenters. The van der Waals surface area contributed by atoms with Crippen LogP contribution in [0.4, 0.5) is 0 Å². The van der Waals surface area contributed by atoms with E-state index in [2.05, 4.69) is 5.10 Å². The normalized spacial score (nSPS) is 10.3. The summed E-state index contributed by atoms with van der Waals surface area (Å²) >= 11 is 0. The van der Waals surface area contributed by atoms with E-state index in [1.165, 1.54) is 0 Å². The predicted octanol–water partition coefficient (Wildman–Crippen LogP) is 1.45. The second-order valence-corrected chi connectivity index (χ2v) is 3.42. The van der Waals surface area contributed by atoms with E-state index in [9.17, 15) is 0 Å². The van der Waals surface area contributed by atoms with E-state index >= 15 is 0 Å². The van der Waals surface area contributed by atoms with E-state index in [4.69, 9.17) is 9.84 Å². The number of aliphatic hydroxyl groups is 1. The molecule has 1 N–H and O–H groups in total. The second-order valence-electron chi connectivity index (χ2n) is 3.42. The Morgan fingerprint density at radius 3 is 2.69 bits per heavy atom. The number of benzene rings is 1. The number of rotatable bonds is 5. The van der Waals surface area contributed by atoms with Gasteiger partial charge in [-0.25, -0.2) is 0 Å². The van der Waals surface area contributed by atoms with Crippen LogP contribution in [-0.4, -0.2) is 21.5 Å². The standard InChI is InChI=1S/C12H14N2O2/c15-10-11-2-4-12(5-3-11)16-9-8-14-7-1-6-13-14/h1-7,15H,8-10H2. The Bertz CT molecular complexity index is 409. The monoisotopic (exact) mass is 218 g/mol. The van der Waals surface area contributed by atoms with Gasteiger partial charge in [-0.15, -0.1) is 0 Å².